The molecule has 9 heteroatoms. The maximum Gasteiger partial charge on any atom is 0.326 e. The highest BCUT2D eigenvalue weighted by molar-refractivity contribution is 5.96. The van der Waals surface area contributed by atoms with Crippen LogP contribution in [-0.4, -0.2) is 47.4 Å². The Balaban J connectivity index is 1.24. The van der Waals surface area contributed by atoms with Gasteiger partial charge in [-0.3, -0.25) is 4.79 Å². The Labute approximate surface area is 261 Å². The molecule has 0 aliphatic heterocycles. The van der Waals surface area contributed by atoms with Crippen LogP contribution in [0.3, 0.4) is 0 Å². The molecular formula is C36H35N3O6. The minimum atomic E-state index is -1.11. The Morgan fingerprint density at radius 2 is 1.38 bits per heavy atom. The van der Waals surface area contributed by atoms with Crippen molar-refractivity contribution in [2.75, 3.05) is 14.2 Å². The van der Waals surface area contributed by atoms with Crippen LogP contribution in [0.1, 0.15) is 42.3 Å². The highest BCUT2D eigenvalue weighted by atomic mass is 16.5. The van der Waals surface area contributed by atoms with Gasteiger partial charge < -0.3 is 24.4 Å². The van der Waals surface area contributed by atoms with Crippen LogP contribution in [0.15, 0.2) is 95.5 Å². The molecule has 0 saturated carbocycles. The predicted octanol–water partition coefficient (Wildman–Crippen LogP) is 6.81. The number of carbonyl (C=O) groups is 2. The zero-order chi connectivity index (χ0) is 32.1. The van der Waals surface area contributed by atoms with Gasteiger partial charge in [-0.05, 0) is 64.1 Å². The first-order valence-corrected chi connectivity index (χ1v) is 14.4. The lowest BCUT2D eigenvalue weighted by Crippen LogP contribution is -2.42. The van der Waals surface area contributed by atoms with Gasteiger partial charge in [0.15, 0.2) is 0 Å². The van der Waals surface area contributed by atoms with Crippen LogP contribution in [0, 0.1) is 0 Å². The number of hydrogen-bond donors (Lipinski definition) is 2. The molecule has 0 fully saturated rings. The molecule has 1 atom stereocenters. The van der Waals surface area contributed by atoms with E-state index in [1.807, 2.05) is 54.6 Å². The average molecular weight is 606 g/mol. The summed E-state index contributed by atoms with van der Waals surface area (Å²) < 4.78 is 16.3. The molecule has 0 aliphatic carbocycles. The average Bonchev–Trinajstić information content (AvgIpc) is 3.54. The van der Waals surface area contributed by atoms with Crippen molar-refractivity contribution in [1.82, 2.24) is 15.5 Å². The molecule has 0 spiro atoms. The van der Waals surface area contributed by atoms with E-state index in [4.69, 9.17) is 14.0 Å². The smallest absolute Gasteiger partial charge is 0.326 e. The van der Waals surface area contributed by atoms with Crippen LogP contribution < -0.4 is 14.8 Å². The zero-order valence-corrected chi connectivity index (χ0v) is 25.8. The van der Waals surface area contributed by atoms with E-state index in [9.17, 15) is 14.7 Å². The fourth-order valence-electron chi connectivity index (χ4n) is 4.83. The van der Waals surface area contributed by atoms with E-state index in [-0.39, 0.29) is 11.8 Å². The number of carboxylic acids is 1. The first-order chi connectivity index (χ1) is 21.5. The van der Waals surface area contributed by atoms with E-state index >= 15 is 0 Å². The second-order valence-corrected chi connectivity index (χ2v) is 11.7. The van der Waals surface area contributed by atoms with E-state index in [1.165, 1.54) is 0 Å². The van der Waals surface area contributed by atoms with Crippen LogP contribution >= 0.6 is 0 Å². The van der Waals surface area contributed by atoms with E-state index < -0.39 is 17.9 Å². The predicted molar refractivity (Wildman–Crippen MR) is 171 cm³/mol. The number of aromatic nitrogens is 2. The number of methoxy groups -OCH3 is 2. The summed E-state index contributed by atoms with van der Waals surface area (Å²) in [6, 6.07) is 26.7. The van der Waals surface area contributed by atoms with Crippen LogP contribution in [0.5, 0.6) is 11.5 Å². The van der Waals surface area contributed by atoms with Gasteiger partial charge in [0.2, 0.25) is 5.82 Å². The lowest BCUT2D eigenvalue weighted by molar-refractivity contribution is -0.139. The number of nitrogens with zero attached hydrogens (tertiary/aromatic N) is 2. The number of carboxylic acid groups (broad SMARTS) is 1. The molecule has 9 nitrogen and oxygen atoms in total. The van der Waals surface area contributed by atoms with Gasteiger partial charge in [-0.2, -0.15) is 4.98 Å². The molecule has 1 aromatic heterocycles. The van der Waals surface area contributed by atoms with Crippen LogP contribution in [0.25, 0.3) is 34.0 Å². The molecule has 5 aromatic rings. The maximum atomic E-state index is 12.8. The van der Waals surface area contributed by atoms with Crippen LogP contribution in [-0.2, 0) is 16.6 Å². The Hall–Kier alpha value is -5.44. The molecule has 0 radical (unpaired) electrons. The lowest BCUT2D eigenvalue weighted by atomic mass is 9.86. The monoisotopic (exact) mass is 605 g/mol. The largest absolute Gasteiger partial charge is 0.497 e. The summed E-state index contributed by atoms with van der Waals surface area (Å²) in [5.74, 6) is 0.624. The standard InChI is InChI=1S/C36H35N3O6/c1-36(2,3)28-16-14-25(15-17-28)33(40)37-31(35(41)42)18-22-6-8-24(9-7-22)32-38-34(45-39-32)26-12-10-23(11-13-26)27-19-29(43-4)21-30(20-27)44-5/h6-17,19-21,31H,18H2,1-5H3,(H,37,40)(H,41,42)/t31-/m0/s1. The summed E-state index contributed by atoms with van der Waals surface area (Å²) in [5.41, 5.74) is 5.58. The number of hydrogen-bond acceptors (Lipinski definition) is 7. The first kappa shape index (κ1) is 31.0. The second-order valence-electron chi connectivity index (χ2n) is 11.7. The van der Waals surface area contributed by atoms with Crippen molar-refractivity contribution in [2.45, 2.75) is 38.6 Å². The minimum Gasteiger partial charge on any atom is -0.497 e. The van der Waals surface area contributed by atoms with Gasteiger partial charge >= 0.3 is 5.97 Å². The molecule has 1 heterocycles. The minimum absolute atomic E-state index is 0.0487. The molecule has 2 N–H and O–H groups in total. The lowest BCUT2D eigenvalue weighted by Gasteiger charge is -2.19. The summed E-state index contributed by atoms with van der Waals surface area (Å²) in [4.78, 5) is 29.3. The van der Waals surface area contributed by atoms with Crippen LogP contribution in [0.4, 0.5) is 0 Å². The van der Waals surface area contributed by atoms with Crippen molar-refractivity contribution in [1.29, 1.82) is 0 Å². The Morgan fingerprint density at radius 1 is 0.800 bits per heavy atom. The molecule has 0 unspecified atom stereocenters. The van der Waals surface area contributed by atoms with E-state index in [1.54, 1.807) is 50.6 Å². The van der Waals surface area contributed by atoms with Gasteiger partial charge in [-0.25, -0.2) is 4.79 Å². The van der Waals surface area contributed by atoms with Gasteiger partial charge in [0.05, 0.1) is 14.2 Å². The zero-order valence-electron chi connectivity index (χ0n) is 25.8. The maximum absolute atomic E-state index is 12.8. The Kier molecular flexibility index (Phi) is 8.99. The number of benzene rings is 4. The van der Waals surface area contributed by atoms with E-state index in [0.717, 1.165) is 27.8 Å². The summed E-state index contributed by atoms with van der Waals surface area (Å²) in [7, 11) is 3.23. The summed E-state index contributed by atoms with van der Waals surface area (Å²) in [6.45, 7) is 6.27. The van der Waals surface area contributed by atoms with E-state index in [2.05, 4.69) is 36.2 Å². The van der Waals surface area contributed by atoms with Gasteiger partial charge in [-0.15, -0.1) is 0 Å². The van der Waals surface area contributed by atoms with E-state index in [0.29, 0.717) is 34.3 Å². The van der Waals surface area contributed by atoms with Gasteiger partial charge in [0.25, 0.3) is 11.8 Å². The van der Waals surface area contributed by atoms with Crippen molar-refractivity contribution in [3.63, 3.8) is 0 Å². The third-order valence-electron chi connectivity index (χ3n) is 7.51. The number of amides is 1. The number of carbonyl (C=O) groups excluding carboxylic acids is 1. The molecule has 4 aromatic carbocycles. The summed E-state index contributed by atoms with van der Waals surface area (Å²) in [5, 5.41) is 16.6. The van der Waals surface area contributed by atoms with Gasteiger partial charge in [0.1, 0.15) is 17.5 Å². The molecule has 0 saturated heterocycles. The molecule has 5 rings (SSSR count). The SMILES string of the molecule is COc1cc(OC)cc(-c2ccc(-c3nc(-c4ccc(C[C@H](NC(=O)c5ccc(C(C)(C)C)cc5)C(=O)O)cc4)no3)cc2)c1. The number of rotatable bonds is 10. The first-order valence-electron chi connectivity index (χ1n) is 14.4. The quantitative estimate of drug-likeness (QED) is 0.178. The third-order valence-corrected chi connectivity index (χ3v) is 7.51. The molecule has 230 valence electrons. The number of nitrogens with one attached hydrogen (secondary N) is 1. The van der Waals surface area contributed by atoms with Crippen molar-refractivity contribution < 1.29 is 28.7 Å². The summed E-state index contributed by atoms with van der Waals surface area (Å²) in [6.07, 6.45) is 0.116. The number of aliphatic carboxylic acids is 1. The highest BCUT2D eigenvalue weighted by Crippen LogP contribution is 2.31. The molecule has 45 heavy (non-hydrogen) atoms. The van der Waals surface area contributed by atoms with Crippen molar-refractivity contribution in [3.05, 3.63) is 108 Å². The number of ether oxygens (including phenoxy) is 2. The van der Waals surface area contributed by atoms with Crippen molar-refractivity contribution >= 4 is 11.9 Å². The second kappa shape index (κ2) is 13.1. The Bertz CT molecular complexity index is 1760. The van der Waals surface area contributed by atoms with Gasteiger partial charge in [-0.1, -0.05) is 74.5 Å². The normalized spacial score (nSPS) is 11.9. The summed E-state index contributed by atoms with van der Waals surface area (Å²) >= 11 is 0. The van der Waals surface area contributed by atoms with Crippen LogP contribution in [0.2, 0.25) is 0 Å². The van der Waals surface area contributed by atoms with Crippen molar-refractivity contribution in [2.24, 2.45) is 0 Å². The fraction of sp³-hybridized carbons (Fsp3) is 0.222. The molecule has 0 bridgehead atoms. The Morgan fingerprint density at radius 3 is 1.93 bits per heavy atom. The molecule has 0 aliphatic rings. The molecular weight excluding hydrogens is 570 g/mol. The molecule has 1 amide bonds. The third kappa shape index (κ3) is 7.38. The fourth-order valence-corrected chi connectivity index (χ4v) is 4.83. The topological polar surface area (TPSA) is 124 Å². The highest BCUT2D eigenvalue weighted by Gasteiger charge is 2.22. The van der Waals surface area contributed by atoms with Gasteiger partial charge in [0, 0.05) is 29.2 Å². The van der Waals surface area contributed by atoms with Crippen molar-refractivity contribution in [3.8, 4) is 45.5 Å².